The predicted octanol–water partition coefficient (Wildman–Crippen LogP) is 5.47. The second kappa shape index (κ2) is 8.36. The number of amides is 1. The third-order valence-electron chi connectivity index (χ3n) is 6.36. The number of benzene rings is 1. The minimum absolute atomic E-state index is 0.0666. The number of nitrogens with zero attached hydrogens (tertiary/aromatic N) is 3. The van der Waals surface area contributed by atoms with Gasteiger partial charge in [0.05, 0.1) is 5.92 Å². The molecule has 0 bridgehead atoms. The van der Waals surface area contributed by atoms with Gasteiger partial charge in [0.25, 0.3) is 5.91 Å². The van der Waals surface area contributed by atoms with Crippen LogP contribution in [0.5, 0.6) is 0 Å². The predicted molar refractivity (Wildman–Crippen MR) is 107 cm³/mol. The van der Waals surface area contributed by atoms with Crippen molar-refractivity contribution >= 4 is 5.91 Å². The van der Waals surface area contributed by atoms with Crippen LogP contribution in [0.15, 0.2) is 42.7 Å². The van der Waals surface area contributed by atoms with Crippen LogP contribution in [-0.2, 0) is 0 Å². The van der Waals surface area contributed by atoms with Crippen LogP contribution in [0.2, 0.25) is 0 Å². The summed E-state index contributed by atoms with van der Waals surface area (Å²) < 4.78 is 38.8. The van der Waals surface area contributed by atoms with Crippen molar-refractivity contribution in [3.8, 4) is 0 Å². The van der Waals surface area contributed by atoms with Gasteiger partial charge in [-0.15, -0.1) is 0 Å². The van der Waals surface area contributed by atoms with E-state index in [-0.39, 0.29) is 23.6 Å². The first-order chi connectivity index (χ1) is 14.3. The number of hydrogen-bond donors (Lipinski definition) is 0. The van der Waals surface area contributed by atoms with Crippen LogP contribution in [0.3, 0.4) is 0 Å². The van der Waals surface area contributed by atoms with E-state index in [1.54, 1.807) is 24.5 Å². The topological polar surface area (TPSA) is 46.1 Å². The van der Waals surface area contributed by atoms with Gasteiger partial charge in [-0.3, -0.25) is 4.79 Å². The third kappa shape index (κ3) is 4.50. The highest BCUT2D eigenvalue weighted by atomic mass is 19.4. The molecule has 30 heavy (non-hydrogen) atoms. The molecule has 7 heteroatoms. The van der Waals surface area contributed by atoms with Crippen LogP contribution in [0.25, 0.3) is 0 Å². The first-order valence-electron chi connectivity index (χ1n) is 10.6. The molecule has 0 aliphatic heterocycles. The molecule has 2 aliphatic carbocycles. The molecule has 1 aromatic heterocycles. The van der Waals surface area contributed by atoms with Gasteiger partial charge in [-0.2, -0.15) is 13.2 Å². The van der Waals surface area contributed by atoms with Crippen molar-refractivity contribution in [3.63, 3.8) is 0 Å². The lowest BCUT2D eigenvalue weighted by atomic mass is 9.84. The van der Waals surface area contributed by atoms with E-state index in [1.165, 1.54) is 12.1 Å². The molecule has 2 saturated carbocycles. The van der Waals surface area contributed by atoms with E-state index in [0.717, 1.165) is 51.3 Å². The Morgan fingerprint density at radius 1 is 0.967 bits per heavy atom. The van der Waals surface area contributed by atoms with E-state index in [1.807, 2.05) is 11.0 Å². The quantitative estimate of drug-likeness (QED) is 0.648. The van der Waals surface area contributed by atoms with Crippen LogP contribution in [0, 0.1) is 0 Å². The van der Waals surface area contributed by atoms with E-state index >= 15 is 0 Å². The van der Waals surface area contributed by atoms with E-state index in [4.69, 9.17) is 0 Å². The van der Waals surface area contributed by atoms with E-state index < -0.39 is 12.1 Å². The minimum atomic E-state index is -4.29. The van der Waals surface area contributed by atoms with Crippen LogP contribution in [0.1, 0.15) is 79.0 Å². The maximum absolute atomic E-state index is 13.2. The van der Waals surface area contributed by atoms with Crippen molar-refractivity contribution < 1.29 is 18.0 Å². The van der Waals surface area contributed by atoms with E-state index in [2.05, 4.69) is 9.97 Å². The highest BCUT2D eigenvalue weighted by Gasteiger charge is 2.40. The summed E-state index contributed by atoms with van der Waals surface area (Å²) in [6.45, 7) is 1.14. The zero-order valence-corrected chi connectivity index (χ0v) is 17.0. The molecule has 0 radical (unpaired) electrons. The Morgan fingerprint density at radius 3 is 2.00 bits per heavy atom. The van der Waals surface area contributed by atoms with Crippen molar-refractivity contribution in [2.75, 3.05) is 0 Å². The highest BCUT2D eigenvalue weighted by molar-refractivity contribution is 5.95. The second-order valence-electron chi connectivity index (χ2n) is 8.44. The van der Waals surface area contributed by atoms with Gasteiger partial charge in [0, 0.05) is 36.0 Å². The molecule has 2 aromatic rings. The summed E-state index contributed by atoms with van der Waals surface area (Å²) in [6.07, 6.45) is 4.90. The van der Waals surface area contributed by atoms with Gasteiger partial charge in [-0.05, 0) is 69.2 Å². The smallest absolute Gasteiger partial charge is 0.333 e. The van der Waals surface area contributed by atoms with Crippen molar-refractivity contribution in [1.29, 1.82) is 0 Å². The summed E-state index contributed by atoms with van der Waals surface area (Å²) in [4.78, 5) is 24.0. The fraction of sp³-hybridized carbons (Fsp3) is 0.522. The van der Waals surface area contributed by atoms with Gasteiger partial charge in [0.15, 0.2) is 0 Å². The Balaban J connectivity index is 1.44. The van der Waals surface area contributed by atoms with Crippen molar-refractivity contribution in [2.45, 2.75) is 75.5 Å². The molecule has 4 rings (SSSR count). The zero-order valence-electron chi connectivity index (χ0n) is 17.0. The molecule has 2 aliphatic rings. The number of halogens is 3. The summed E-state index contributed by atoms with van der Waals surface area (Å²) in [7, 11) is 0. The molecule has 1 atom stereocenters. The third-order valence-corrected chi connectivity index (χ3v) is 6.36. The molecule has 160 valence electrons. The van der Waals surface area contributed by atoms with E-state index in [9.17, 15) is 18.0 Å². The first-order valence-corrected chi connectivity index (χ1v) is 10.6. The van der Waals surface area contributed by atoms with Crippen LogP contribution in [-0.4, -0.2) is 39.0 Å². The maximum Gasteiger partial charge on any atom is 0.395 e. The SMILES string of the molecule is CC(c1ccc(C(=O)N(C2CCC(c3ncccn3)CC2)C2CC2)cc1)C(F)(F)F. The molecular formula is C23H26F3N3O. The van der Waals surface area contributed by atoms with Gasteiger partial charge < -0.3 is 4.90 Å². The van der Waals surface area contributed by atoms with Crippen molar-refractivity contribution in [3.05, 3.63) is 59.7 Å². The molecule has 1 amide bonds. The molecule has 2 fully saturated rings. The number of alkyl halides is 3. The van der Waals surface area contributed by atoms with Gasteiger partial charge >= 0.3 is 6.18 Å². The molecule has 4 nitrogen and oxygen atoms in total. The molecule has 1 unspecified atom stereocenters. The van der Waals surface area contributed by atoms with Gasteiger partial charge in [0.1, 0.15) is 5.82 Å². The highest BCUT2D eigenvalue weighted by Crippen LogP contribution is 2.39. The minimum Gasteiger partial charge on any atom is -0.333 e. The molecule has 0 N–H and O–H groups in total. The normalized spacial score (nSPS) is 23.1. The zero-order chi connectivity index (χ0) is 21.3. The molecule has 1 heterocycles. The Labute approximate surface area is 174 Å². The van der Waals surface area contributed by atoms with E-state index in [0.29, 0.717) is 11.5 Å². The Kier molecular flexibility index (Phi) is 5.80. The second-order valence-corrected chi connectivity index (χ2v) is 8.44. The fourth-order valence-corrected chi connectivity index (χ4v) is 4.37. The standard InChI is InChI=1S/C23H26F3N3O/c1-15(23(24,25)26)16-3-5-18(6-4-16)22(30)29(20-11-12-20)19-9-7-17(8-10-19)21-27-13-2-14-28-21/h2-6,13-15,17,19-20H,7-12H2,1H3. The summed E-state index contributed by atoms with van der Waals surface area (Å²) in [6, 6.07) is 8.17. The lowest BCUT2D eigenvalue weighted by Gasteiger charge is -2.37. The Bertz CT molecular complexity index is 858. The molecule has 0 saturated heterocycles. The Hall–Kier alpha value is -2.44. The number of aromatic nitrogens is 2. The monoisotopic (exact) mass is 417 g/mol. The van der Waals surface area contributed by atoms with Crippen molar-refractivity contribution in [1.82, 2.24) is 14.9 Å². The summed E-state index contributed by atoms with van der Waals surface area (Å²) in [5.41, 5.74) is 0.647. The van der Waals surface area contributed by atoms with Crippen LogP contribution >= 0.6 is 0 Å². The number of rotatable bonds is 5. The van der Waals surface area contributed by atoms with Gasteiger partial charge in [-0.1, -0.05) is 12.1 Å². The first kappa shape index (κ1) is 20.8. The lowest BCUT2D eigenvalue weighted by molar-refractivity contribution is -0.146. The van der Waals surface area contributed by atoms with Crippen LogP contribution < -0.4 is 0 Å². The number of carbonyl (C=O) groups is 1. The molecule has 1 aromatic carbocycles. The van der Waals surface area contributed by atoms with Gasteiger partial charge in [-0.25, -0.2) is 9.97 Å². The van der Waals surface area contributed by atoms with Gasteiger partial charge in [0.2, 0.25) is 0 Å². The molecule has 0 spiro atoms. The van der Waals surface area contributed by atoms with Crippen LogP contribution in [0.4, 0.5) is 13.2 Å². The summed E-state index contributed by atoms with van der Waals surface area (Å²) >= 11 is 0. The maximum atomic E-state index is 13.2. The summed E-state index contributed by atoms with van der Waals surface area (Å²) in [5, 5.41) is 0. The van der Waals surface area contributed by atoms with Crippen molar-refractivity contribution in [2.24, 2.45) is 0 Å². The largest absolute Gasteiger partial charge is 0.395 e. The molecular weight excluding hydrogens is 391 g/mol. The number of hydrogen-bond acceptors (Lipinski definition) is 3. The average Bonchev–Trinajstić information content (AvgIpc) is 3.59. The Morgan fingerprint density at radius 2 is 1.50 bits per heavy atom. The lowest BCUT2D eigenvalue weighted by Crippen LogP contribution is -2.43. The average molecular weight is 417 g/mol. The fourth-order valence-electron chi connectivity index (χ4n) is 4.37. The number of carbonyl (C=O) groups excluding carboxylic acids is 1. The summed E-state index contributed by atoms with van der Waals surface area (Å²) in [5.74, 6) is -0.420.